The fourth-order valence-electron chi connectivity index (χ4n) is 1.16. The third kappa shape index (κ3) is 2.66. The van der Waals surface area contributed by atoms with Crippen LogP contribution in [-0.4, -0.2) is 18.3 Å². The van der Waals surface area contributed by atoms with E-state index in [1.165, 1.54) is 6.42 Å². The molecule has 0 atom stereocenters. The lowest BCUT2D eigenvalue weighted by Gasteiger charge is -1.93. The highest BCUT2D eigenvalue weighted by atomic mass is 16.5. The number of imidazole rings is 1. The summed E-state index contributed by atoms with van der Waals surface area (Å²) in [6.45, 7) is 4.99. The highest BCUT2D eigenvalue weighted by molar-refractivity contribution is 4.65. The fourth-order valence-corrected chi connectivity index (χ4v) is 1.16. The Morgan fingerprint density at radius 1 is 1.50 bits per heavy atom. The quantitative estimate of drug-likeness (QED) is 0.597. The first kappa shape index (κ1) is 9.26. The van der Waals surface area contributed by atoms with E-state index in [-0.39, 0.29) is 0 Å². The van der Waals surface area contributed by atoms with Crippen LogP contribution in [0.1, 0.15) is 13.3 Å². The van der Waals surface area contributed by atoms with Gasteiger partial charge in [-0.1, -0.05) is 6.92 Å². The third-order valence-electron chi connectivity index (χ3n) is 1.78. The van der Waals surface area contributed by atoms with Gasteiger partial charge in [-0.25, -0.2) is 9.13 Å². The summed E-state index contributed by atoms with van der Waals surface area (Å²) in [5, 5.41) is 0. The predicted molar refractivity (Wildman–Crippen MR) is 46.8 cm³/mol. The van der Waals surface area contributed by atoms with E-state index in [1.54, 1.807) is 7.11 Å². The van der Waals surface area contributed by atoms with Gasteiger partial charge in [-0.3, -0.25) is 0 Å². The predicted octanol–water partition coefficient (Wildman–Crippen LogP) is 0.832. The lowest BCUT2D eigenvalue weighted by molar-refractivity contribution is -0.697. The second-order valence-electron chi connectivity index (χ2n) is 2.88. The molecule has 0 unspecified atom stereocenters. The molecule has 0 spiro atoms. The Labute approximate surface area is 73.6 Å². The smallest absolute Gasteiger partial charge is 0.243 e. The SMILES string of the molecule is CCCn1cc[n+](CCOC)c1. The number of methoxy groups -OCH3 is 1. The van der Waals surface area contributed by atoms with Gasteiger partial charge in [0.1, 0.15) is 18.9 Å². The van der Waals surface area contributed by atoms with Gasteiger partial charge < -0.3 is 4.74 Å². The molecule has 0 N–H and O–H groups in total. The molecule has 0 saturated heterocycles. The minimum absolute atomic E-state index is 0.779. The molecular formula is C9H17N2O+. The number of aromatic nitrogens is 2. The molecule has 3 nitrogen and oxygen atoms in total. The Kier molecular flexibility index (Phi) is 3.80. The molecule has 0 radical (unpaired) electrons. The van der Waals surface area contributed by atoms with Crippen molar-refractivity contribution in [3.05, 3.63) is 18.7 Å². The summed E-state index contributed by atoms with van der Waals surface area (Å²) >= 11 is 0. The summed E-state index contributed by atoms with van der Waals surface area (Å²) < 4.78 is 9.31. The van der Waals surface area contributed by atoms with Crippen LogP contribution in [-0.2, 0) is 17.8 Å². The van der Waals surface area contributed by atoms with E-state index in [2.05, 4.69) is 34.8 Å². The number of rotatable bonds is 5. The normalized spacial score (nSPS) is 10.5. The fraction of sp³-hybridized carbons (Fsp3) is 0.667. The van der Waals surface area contributed by atoms with E-state index < -0.39 is 0 Å². The molecule has 3 heteroatoms. The first-order valence-corrected chi connectivity index (χ1v) is 4.40. The van der Waals surface area contributed by atoms with Gasteiger partial charge in [-0.2, -0.15) is 0 Å². The average molecular weight is 169 g/mol. The van der Waals surface area contributed by atoms with Gasteiger partial charge in [-0.15, -0.1) is 0 Å². The zero-order valence-corrected chi connectivity index (χ0v) is 7.86. The van der Waals surface area contributed by atoms with Gasteiger partial charge in [0.05, 0.1) is 13.2 Å². The van der Waals surface area contributed by atoms with Gasteiger partial charge in [0, 0.05) is 7.11 Å². The average Bonchev–Trinajstić information content (AvgIpc) is 2.50. The van der Waals surface area contributed by atoms with Crippen molar-refractivity contribution >= 4 is 0 Å². The Morgan fingerprint density at radius 2 is 2.33 bits per heavy atom. The zero-order chi connectivity index (χ0) is 8.81. The maximum Gasteiger partial charge on any atom is 0.243 e. The van der Waals surface area contributed by atoms with Crippen LogP contribution >= 0.6 is 0 Å². The van der Waals surface area contributed by atoms with Gasteiger partial charge >= 0.3 is 0 Å². The lowest BCUT2D eigenvalue weighted by atomic mass is 10.5. The Balaban J connectivity index is 2.41. The Hall–Kier alpha value is -0.830. The molecule has 1 aromatic rings. The monoisotopic (exact) mass is 169 g/mol. The van der Waals surface area contributed by atoms with E-state index >= 15 is 0 Å². The van der Waals surface area contributed by atoms with E-state index in [4.69, 9.17) is 4.74 Å². The van der Waals surface area contributed by atoms with Crippen LogP contribution in [0.25, 0.3) is 0 Å². The molecule has 68 valence electrons. The third-order valence-corrected chi connectivity index (χ3v) is 1.78. The molecule has 0 bridgehead atoms. The molecule has 12 heavy (non-hydrogen) atoms. The number of nitrogens with zero attached hydrogens (tertiary/aromatic N) is 2. The molecular weight excluding hydrogens is 152 g/mol. The van der Waals surface area contributed by atoms with Crippen molar-refractivity contribution in [1.29, 1.82) is 0 Å². The van der Waals surface area contributed by atoms with Crippen molar-refractivity contribution in [3.63, 3.8) is 0 Å². The summed E-state index contributed by atoms with van der Waals surface area (Å²) in [5.74, 6) is 0. The summed E-state index contributed by atoms with van der Waals surface area (Å²) in [6.07, 6.45) is 7.47. The molecule has 0 aliphatic heterocycles. The van der Waals surface area contributed by atoms with Crippen LogP contribution < -0.4 is 4.57 Å². The molecule has 0 fully saturated rings. The molecule has 0 saturated carbocycles. The summed E-state index contributed by atoms with van der Waals surface area (Å²) in [5.41, 5.74) is 0. The lowest BCUT2D eigenvalue weighted by Crippen LogP contribution is -2.33. The molecule has 0 aliphatic carbocycles. The maximum atomic E-state index is 4.98. The second-order valence-corrected chi connectivity index (χ2v) is 2.88. The number of hydrogen-bond donors (Lipinski definition) is 0. The van der Waals surface area contributed by atoms with E-state index in [0.29, 0.717) is 0 Å². The largest absolute Gasteiger partial charge is 0.381 e. The first-order chi connectivity index (χ1) is 5.86. The summed E-state index contributed by atoms with van der Waals surface area (Å²) in [6, 6.07) is 0. The first-order valence-electron chi connectivity index (χ1n) is 4.40. The number of aryl methyl sites for hydroxylation is 1. The van der Waals surface area contributed by atoms with Crippen LogP contribution in [0.5, 0.6) is 0 Å². The van der Waals surface area contributed by atoms with Crippen LogP contribution in [0.2, 0.25) is 0 Å². The minimum atomic E-state index is 0.779. The minimum Gasteiger partial charge on any atom is -0.381 e. The molecule has 0 amide bonds. The van der Waals surface area contributed by atoms with Gasteiger partial charge in [0.2, 0.25) is 6.33 Å². The van der Waals surface area contributed by atoms with Crippen LogP contribution in [0.3, 0.4) is 0 Å². The standard InChI is InChI=1S/C9H17N2O/c1-3-4-10-5-6-11(9-10)7-8-12-2/h5-6,9H,3-4,7-8H2,1-2H3/q+1. The number of hydrogen-bond acceptors (Lipinski definition) is 1. The maximum absolute atomic E-state index is 4.98. The van der Waals surface area contributed by atoms with Crippen LogP contribution in [0.4, 0.5) is 0 Å². The van der Waals surface area contributed by atoms with Crippen LogP contribution in [0.15, 0.2) is 18.7 Å². The molecule has 1 heterocycles. The molecule has 0 aromatic carbocycles. The van der Waals surface area contributed by atoms with E-state index in [9.17, 15) is 0 Å². The van der Waals surface area contributed by atoms with Crippen molar-refractivity contribution in [1.82, 2.24) is 4.57 Å². The van der Waals surface area contributed by atoms with E-state index in [1.807, 2.05) is 0 Å². The van der Waals surface area contributed by atoms with Gasteiger partial charge in [-0.05, 0) is 6.42 Å². The molecule has 1 aromatic heterocycles. The molecule has 0 aliphatic rings. The number of ether oxygens (including phenoxy) is 1. The summed E-state index contributed by atoms with van der Waals surface area (Å²) in [4.78, 5) is 0. The van der Waals surface area contributed by atoms with Crippen molar-refractivity contribution in [2.45, 2.75) is 26.4 Å². The van der Waals surface area contributed by atoms with Crippen molar-refractivity contribution in [2.24, 2.45) is 0 Å². The van der Waals surface area contributed by atoms with E-state index in [0.717, 1.165) is 19.7 Å². The van der Waals surface area contributed by atoms with Crippen molar-refractivity contribution in [2.75, 3.05) is 13.7 Å². The Morgan fingerprint density at radius 3 is 3.00 bits per heavy atom. The van der Waals surface area contributed by atoms with Crippen molar-refractivity contribution in [3.8, 4) is 0 Å². The topological polar surface area (TPSA) is 18.0 Å². The van der Waals surface area contributed by atoms with Crippen molar-refractivity contribution < 1.29 is 9.30 Å². The van der Waals surface area contributed by atoms with Gasteiger partial charge in [0.25, 0.3) is 0 Å². The van der Waals surface area contributed by atoms with Gasteiger partial charge in [0.15, 0.2) is 0 Å². The Bertz CT molecular complexity index is 220. The highest BCUT2D eigenvalue weighted by Crippen LogP contribution is 1.87. The zero-order valence-electron chi connectivity index (χ0n) is 7.86. The highest BCUT2D eigenvalue weighted by Gasteiger charge is 2.00. The molecule has 1 rings (SSSR count). The second kappa shape index (κ2) is 4.93. The van der Waals surface area contributed by atoms with Crippen LogP contribution in [0, 0.1) is 0 Å². The summed E-state index contributed by atoms with van der Waals surface area (Å²) in [7, 11) is 1.73.